The molecule has 4 rings (SSSR count). The van der Waals surface area contributed by atoms with Gasteiger partial charge in [0.05, 0.1) is 29.1 Å². The number of halogens is 3. The highest BCUT2D eigenvalue weighted by Gasteiger charge is 2.34. The Morgan fingerprint density at radius 2 is 1.94 bits per heavy atom. The molecule has 0 aliphatic carbocycles. The SMILES string of the molecule is Cc1ccc(-n2cc(C)cn2)c(C(=O)N2CCC[C@@H](C)[C@H]2COc2ccc(C(F)(F)F)cn2)c1. The number of aromatic nitrogens is 3. The molecule has 180 valence electrons. The largest absolute Gasteiger partial charge is 0.475 e. The van der Waals surface area contributed by atoms with Crippen LogP contribution in [0.5, 0.6) is 5.88 Å². The van der Waals surface area contributed by atoms with E-state index in [1.807, 2.05) is 43.1 Å². The molecule has 0 N–H and O–H groups in total. The summed E-state index contributed by atoms with van der Waals surface area (Å²) in [5.41, 5.74) is 2.37. The lowest BCUT2D eigenvalue weighted by Crippen LogP contribution is -2.50. The van der Waals surface area contributed by atoms with Gasteiger partial charge in [-0.3, -0.25) is 4.79 Å². The summed E-state index contributed by atoms with van der Waals surface area (Å²) < 4.78 is 45.9. The van der Waals surface area contributed by atoms with Crippen molar-refractivity contribution in [3.63, 3.8) is 0 Å². The van der Waals surface area contributed by atoms with Crippen molar-refractivity contribution >= 4 is 5.91 Å². The summed E-state index contributed by atoms with van der Waals surface area (Å²) >= 11 is 0. The second-order valence-electron chi connectivity index (χ2n) is 8.86. The van der Waals surface area contributed by atoms with E-state index in [0.717, 1.165) is 36.2 Å². The summed E-state index contributed by atoms with van der Waals surface area (Å²) in [6.07, 6.45) is 1.71. The number of amides is 1. The van der Waals surface area contributed by atoms with Gasteiger partial charge >= 0.3 is 6.18 Å². The highest BCUT2D eigenvalue weighted by atomic mass is 19.4. The molecule has 0 radical (unpaired) electrons. The van der Waals surface area contributed by atoms with E-state index < -0.39 is 11.7 Å². The number of ether oxygens (including phenoxy) is 1. The van der Waals surface area contributed by atoms with Gasteiger partial charge in [-0.15, -0.1) is 0 Å². The smallest absolute Gasteiger partial charge is 0.417 e. The van der Waals surface area contributed by atoms with E-state index in [-0.39, 0.29) is 30.4 Å². The lowest BCUT2D eigenvalue weighted by Gasteiger charge is -2.40. The number of rotatable bonds is 5. The zero-order valence-corrected chi connectivity index (χ0v) is 19.3. The Balaban J connectivity index is 1.57. The molecule has 1 aliphatic heterocycles. The minimum absolute atomic E-state index is 0.0985. The maximum atomic E-state index is 13.8. The Morgan fingerprint density at radius 1 is 1.15 bits per heavy atom. The van der Waals surface area contributed by atoms with Crippen LogP contribution >= 0.6 is 0 Å². The van der Waals surface area contributed by atoms with E-state index in [4.69, 9.17) is 4.74 Å². The van der Waals surface area contributed by atoms with E-state index in [0.29, 0.717) is 17.8 Å². The van der Waals surface area contributed by atoms with Crippen molar-refractivity contribution in [3.8, 4) is 11.6 Å². The molecule has 3 heterocycles. The maximum absolute atomic E-state index is 13.8. The quantitative estimate of drug-likeness (QED) is 0.511. The van der Waals surface area contributed by atoms with Gasteiger partial charge in [-0.25, -0.2) is 9.67 Å². The van der Waals surface area contributed by atoms with E-state index >= 15 is 0 Å². The molecule has 2 atom stereocenters. The molecule has 1 amide bonds. The first-order chi connectivity index (χ1) is 16.1. The standard InChI is InChI=1S/C25H27F3N4O2/c1-16-6-8-21(32-14-17(2)12-30-32)20(11-16)24(33)31-10-4-5-18(3)22(31)15-34-23-9-7-19(13-29-23)25(26,27)28/h6-9,11-14,18,22H,4-5,10,15H2,1-3H3/t18-,22-/m1/s1. The summed E-state index contributed by atoms with van der Waals surface area (Å²) in [6, 6.07) is 7.61. The Hall–Kier alpha value is -3.36. The number of likely N-dealkylation sites (tertiary alicyclic amines) is 1. The second kappa shape index (κ2) is 9.48. The Morgan fingerprint density at radius 3 is 2.59 bits per heavy atom. The predicted octanol–water partition coefficient (Wildman–Crippen LogP) is 5.22. The highest BCUT2D eigenvalue weighted by Crippen LogP contribution is 2.30. The number of pyridine rings is 1. The minimum atomic E-state index is -4.45. The monoisotopic (exact) mass is 472 g/mol. The van der Waals surface area contributed by atoms with E-state index in [1.54, 1.807) is 10.9 Å². The van der Waals surface area contributed by atoms with Crippen LogP contribution in [0.25, 0.3) is 5.69 Å². The molecule has 3 aromatic rings. The van der Waals surface area contributed by atoms with Crippen molar-refractivity contribution in [3.05, 3.63) is 71.2 Å². The van der Waals surface area contributed by atoms with E-state index in [9.17, 15) is 18.0 Å². The molecule has 1 aliphatic rings. The Kier molecular flexibility index (Phi) is 6.63. The number of nitrogens with zero attached hydrogens (tertiary/aromatic N) is 4. The molecule has 9 heteroatoms. The van der Waals surface area contributed by atoms with Crippen LogP contribution in [-0.4, -0.2) is 44.8 Å². The third-order valence-electron chi connectivity index (χ3n) is 6.18. The number of hydrogen-bond donors (Lipinski definition) is 0. The van der Waals surface area contributed by atoms with E-state index in [1.165, 1.54) is 6.07 Å². The number of piperidine rings is 1. The summed E-state index contributed by atoms with van der Waals surface area (Å²) in [5, 5.41) is 4.37. The van der Waals surface area contributed by atoms with Crippen molar-refractivity contribution in [2.45, 2.75) is 45.8 Å². The van der Waals surface area contributed by atoms with E-state index in [2.05, 4.69) is 17.0 Å². The molecule has 1 fully saturated rings. The molecule has 6 nitrogen and oxygen atoms in total. The Bertz CT molecular complexity index is 1160. The summed E-state index contributed by atoms with van der Waals surface area (Å²) in [4.78, 5) is 19.4. The normalized spacial score (nSPS) is 18.7. The van der Waals surface area contributed by atoms with Gasteiger partial charge in [-0.2, -0.15) is 18.3 Å². The molecule has 1 aromatic carbocycles. The van der Waals surface area contributed by atoms with Gasteiger partial charge in [0.25, 0.3) is 5.91 Å². The Labute approximate surface area is 196 Å². The van der Waals surface area contributed by atoms with Gasteiger partial charge in [-0.1, -0.05) is 18.6 Å². The maximum Gasteiger partial charge on any atom is 0.417 e. The van der Waals surface area contributed by atoms with Crippen LogP contribution in [0.4, 0.5) is 13.2 Å². The van der Waals surface area contributed by atoms with Crippen molar-refractivity contribution in [1.82, 2.24) is 19.7 Å². The average Bonchev–Trinajstić information content (AvgIpc) is 3.23. The molecule has 2 aromatic heterocycles. The fraction of sp³-hybridized carbons (Fsp3) is 0.400. The van der Waals surface area contributed by atoms with Gasteiger partial charge in [0, 0.05) is 25.0 Å². The number of carbonyl (C=O) groups excluding carboxylic acids is 1. The molecule has 1 saturated heterocycles. The van der Waals surface area contributed by atoms with Crippen molar-refractivity contribution in [2.75, 3.05) is 13.2 Å². The zero-order chi connectivity index (χ0) is 24.5. The van der Waals surface area contributed by atoms with Crippen LogP contribution in [0.15, 0.2) is 48.9 Å². The summed E-state index contributed by atoms with van der Waals surface area (Å²) in [6.45, 7) is 6.65. The van der Waals surface area contributed by atoms with Crippen LogP contribution in [-0.2, 0) is 6.18 Å². The van der Waals surface area contributed by atoms with Crippen molar-refractivity contribution in [2.24, 2.45) is 5.92 Å². The second-order valence-corrected chi connectivity index (χ2v) is 8.86. The topological polar surface area (TPSA) is 60.2 Å². The summed E-state index contributed by atoms with van der Waals surface area (Å²) in [7, 11) is 0. The first-order valence-electron chi connectivity index (χ1n) is 11.2. The molecule has 0 spiro atoms. The number of hydrogen-bond acceptors (Lipinski definition) is 4. The van der Waals surface area contributed by atoms with Gasteiger partial charge in [0.1, 0.15) is 6.61 Å². The van der Waals surface area contributed by atoms with Gasteiger partial charge in [0.15, 0.2) is 0 Å². The third-order valence-corrected chi connectivity index (χ3v) is 6.18. The minimum Gasteiger partial charge on any atom is -0.475 e. The first-order valence-corrected chi connectivity index (χ1v) is 11.2. The van der Waals surface area contributed by atoms with Crippen LogP contribution in [0.1, 0.15) is 46.8 Å². The number of benzene rings is 1. The van der Waals surface area contributed by atoms with Gasteiger partial charge < -0.3 is 9.64 Å². The molecule has 34 heavy (non-hydrogen) atoms. The predicted molar refractivity (Wildman–Crippen MR) is 121 cm³/mol. The lowest BCUT2D eigenvalue weighted by molar-refractivity contribution is -0.137. The molecular weight excluding hydrogens is 445 g/mol. The number of alkyl halides is 3. The lowest BCUT2D eigenvalue weighted by atomic mass is 9.90. The fourth-order valence-corrected chi connectivity index (χ4v) is 4.28. The highest BCUT2D eigenvalue weighted by molar-refractivity contribution is 5.98. The fourth-order valence-electron chi connectivity index (χ4n) is 4.28. The first kappa shape index (κ1) is 23.8. The van der Waals surface area contributed by atoms with Crippen molar-refractivity contribution in [1.29, 1.82) is 0 Å². The summed E-state index contributed by atoms with van der Waals surface area (Å²) in [5.74, 6) is 0.140. The molecule has 0 bridgehead atoms. The molecule has 0 unspecified atom stereocenters. The van der Waals surface area contributed by atoms with Gasteiger partial charge in [-0.05, 0) is 56.4 Å². The third kappa shape index (κ3) is 5.08. The van der Waals surface area contributed by atoms with Crippen LogP contribution in [0, 0.1) is 19.8 Å². The van der Waals surface area contributed by atoms with Crippen LogP contribution in [0.3, 0.4) is 0 Å². The number of carbonyl (C=O) groups is 1. The van der Waals surface area contributed by atoms with Crippen molar-refractivity contribution < 1.29 is 22.7 Å². The van der Waals surface area contributed by atoms with Crippen LogP contribution < -0.4 is 4.74 Å². The van der Waals surface area contributed by atoms with Gasteiger partial charge in [0.2, 0.25) is 5.88 Å². The zero-order valence-electron chi connectivity index (χ0n) is 19.3. The van der Waals surface area contributed by atoms with Crippen LogP contribution in [0.2, 0.25) is 0 Å². The number of aryl methyl sites for hydroxylation is 2. The molecular formula is C25H27F3N4O2. The average molecular weight is 473 g/mol. The molecule has 0 saturated carbocycles.